The molecule has 3 aromatic rings. The van der Waals surface area contributed by atoms with Gasteiger partial charge in [-0.2, -0.15) is 0 Å². The molecule has 0 radical (unpaired) electrons. The van der Waals surface area contributed by atoms with Gasteiger partial charge in [0.2, 0.25) is 5.91 Å². The Morgan fingerprint density at radius 3 is 2.48 bits per heavy atom. The van der Waals surface area contributed by atoms with Crippen LogP contribution >= 0.6 is 0 Å². The number of para-hydroxylation sites is 2. The third-order valence-corrected chi connectivity index (χ3v) is 5.08. The quantitative estimate of drug-likeness (QED) is 0.584. The third kappa shape index (κ3) is 4.80. The maximum absolute atomic E-state index is 12.7. The summed E-state index contributed by atoms with van der Waals surface area (Å²) in [5.74, 6) is -0.148. The third-order valence-electron chi connectivity index (χ3n) is 5.08. The summed E-state index contributed by atoms with van der Waals surface area (Å²) in [7, 11) is 0. The van der Waals surface area contributed by atoms with Gasteiger partial charge in [0, 0.05) is 29.9 Å². The Labute approximate surface area is 180 Å². The van der Waals surface area contributed by atoms with Crippen molar-refractivity contribution in [3.05, 3.63) is 90.0 Å². The minimum atomic E-state index is -0.316. The SMILES string of the molecule is O=C(COc1ccccc1C(=O)Nc1ccccc1)c1cccc(N2CCCC2=O)c1. The van der Waals surface area contributed by atoms with Crippen LogP contribution in [0.1, 0.15) is 33.6 Å². The summed E-state index contributed by atoms with van der Waals surface area (Å²) in [5.41, 5.74) is 2.20. The highest BCUT2D eigenvalue weighted by atomic mass is 16.5. The van der Waals surface area contributed by atoms with Crippen LogP contribution in [0.25, 0.3) is 0 Å². The van der Waals surface area contributed by atoms with Crippen molar-refractivity contribution in [2.75, 3.05) is 23.4 Å². The Bertz CT molecular complexity index is 1110. The van der Waals surface area contributed by atoms with E-state index in [1.165, 1.54) is 0 Å². The number of hydrogen-bond acceptors (Lipinski definition) is 4. The number of ether oxygens (including phenoxy) is 1. The highest BCUT2D eigenvalue weighted by molar-refractivity contribution is 6.06. The van der Waals surface area contributed by atoms with Gasteiger partial charge in [-0.1, -0.05) is 42.5 Å². The molecule has 0 saturated carbocycles. The summed E-state index contributed by atoms with van der Waals surface area (Å²) in [4.78, 5) is 39.0. The van der Waals surface area contributed by atoms with Crippen LogP contribution in [0.4, 0.5) is 11.4 Å². The molecule has 0 spiro atoms. The molecule has 6 heteroatoms. The van der Waals surface area contributed by atoms with Gasteiger partial charge in [0.05, 0.1) is 5.56 Å². The molecule has 0 atom stereocenters. The van der Waals surface area contributed by atoms with Gasteiger partial charge in [-0.15, -0.1) is 0 Å². The number of ketones is 1. The van der Waals surface area contributed by atoms with Crippen molar-refractivity contribution < 1.29 is 19.1 Å². The van der Waals surface area contributed by atoms with E-state index < -0.39 is 0 Å². The van der Waals surface area contributed by atoms with Crippen molar-refractivity contribution in [3.63, 3.8) is 0 Å². The van der Waals surface area contributed by atoms with E-state index in [0.717, 1.165) is 12.1 Å². The van der Waals surface area contributed by atoms with Crippen molar-refractivity contribution in [2.45, 2.75) is 12.8 Å². The number of hydrogen-bond donors (Lipinski definition) is 1. The molecule has 1 aliphatic rings. The number of carbonyl (C=O) groups excluding carboxylic acids is 3. The fourth-order valence-electron chi connectivity index (χ4n) is 3.50. The normalized spacial score (nSPS) is 13.2. The number of nitrogens with zero attached hydrogens (tertiary/aromatic N) is 1. The number of anilines is 2. The van der Waals surface area contributed by atoms with Crippen molar-refractivity contribution in [2.24, 2.45) is 0 Å². The lowest BCUT2D eigenvalue weighted by Crippen LogP contribution is -2.24. The maximum atomic E-state index is 12.7. The molecular formula is C25H22N2O4. The van der Waals surface area contributed by atoms with Crippen LogP contribution in [0.15, 0.2) is 78.9 Å². The van der Waals surface area contributed by atoms with Crippen LogP contribution in [0.2, 0.25) is 0 Å². The molecule has 3 aromatic carbocycles. The zero-order valence-electron chi connectivity index (χ0n) is 16.9. The van der Waals surface area contributed by atoms with Gasteiger partial charge in [0.15, 0.2) is 12.4 Å². The van der Waals surface area contributed by atoms with E-state index in [1.54, 1.807) is 59.5 Å². The molecule has 0 unspecified atom stereocenters. The van der Waals surface area contributed by atoms with Gasteiger partial charge in [-0.3, -0.25) is 14.4 Å². The number of nitrogens with one attached hydrogen (secondary N) is 1. The van der Waals surface area contributed by atoms with Gasteiger partial charge in [-0.25, -0.2) is 0 Å². The second-order valence-electron chi connectivity index (χ2n) is 7.23. The van der Waals surface area contributed by atoms with E-state index >= 15 is 0 Å². The Morgan fingerprint density at radius 1 is 0.935 bits per heavy atom. The summed E-state index contributed by atoms with van der Waals surface area (Å²) in [6, 6.07) is 22.9. The highest BCUT2D eigenvalue weighted by Gasteiger charge is 2.22. The molecule has 4 rings (SSSR count). The van der Waals surface area contributed by atoms with Crippen LogP contribution in [-0.4, -0.2) is 30.7 Å². The molecule has 1 saturated heterocycles. The average molecular weight is 414 g/mol. The predicted molar refractivity (Wildman–Crippen MR) is 119 cm³/mol. The first-order valence-corrected chi connectivity index (χ1v) is 10.1. The first-order valence-electron chi connectivity index (χ1n) is 10.1. The highest BCUT2D eigenvalue weighted by Crippen LogP contribution is 2.23. The standard InChI is InChI=1S/C25H22N2O4/c28-22(18-8-6-11-20(16-18)27-15-7-14-24(27)29)17-31-23-13-5-4-12-21(23)25(30)26-19-9-2-1-3-10-19/h1-6,8-13,16H,7,14-15,17H2,(H,26,30). The van der Waals surface area contributed by atoms with Crippen molar-refractivity contribution in [3.8, 4) is 5.75 Å². The van der Waals surface area contributed by atoms with Crippen LogP contribution < -0.4 is 15.0 Å². The zero-order chi connectivity index (χ0) is 21.6. The minimum Gasteiger partial charge on any atom is -0.485 e. The molecule has 1 heterocycles. The zero-order valence-corrected chi connectivity index (χ0v) is 16.9. The lowest BCUT2D eigenvalue weighted by molar-refractivity contribution is -0.117. The molecule has 156 valence electrons. The number of amides is 2. The van der Waals surface area contributed by atoms with Crippen molar-refractivity contribution in [1.29, 1.82) is 0 Å². The molecular weight excluding hydrogens is 392 g/mol. The van der Waals surface area contributed by atoms with E-state index in [0.29, 0.717) is 35.5 Å². The summed E-state index contributed by atoms with van der Waals surface area (Å²) in [6.07, 6.45) is 1.35. The van der Waals surface area contributed by atoms with Crippen LogP contribution in [0.5, 0.6) is 5.75 Å². The summed E-state index contributed by atoms with van der Waals surface area (Å²) in [6.45, 7) is 0.448. The topological polar surface area (TPSA) is 75.7 Å². The van der Waals surface area contributed by atoms with E-state index in [4.69, 9.17) is 4.74 Å². The molecule has 0 aliphatic carbocycles. The average Bonchev–Trinajstić information content (AvgIpc) is 3.24. The van der Waals surface area contributed by atoms with Gasteiger partial charge in [0.25, 0.3) is 5.91 Å². The van der Waals surface area contributed by atoms with Gasteiger partial charge in [0.1, 0.15) is 5.75 Å². The molecule has 2 amide bonds. The number of Topliss-reactive ketones (excluding diaryl/α,β-unsaturated/α-hetero) is 1. The molecule has 0 bridgehead atoms. The molecule has 31 heavy (non-hydrogen) atoms. The van der Waals surface area contributed by atoms with Crippen LogP contribution in [0.3, 0.4) is 0 Å². The first kappa shape index (κ1) is 20.3. The predicted octanol–water partition coefficient (Wildman–Crippen LogP) is 4.33. The van der Waals surface area contributed by atoms with Crippen LogP contribution in [0, 0.1) is 0 Å². The molecule has 1 aliphatic heterocycles. The second kappa shape index (κ2) is 9.26. The van der Waals surface area contributed by atoms with E-state index in [-0.39, 0.29) is 24.2 Å². The Morgan fingerprint density at radius 2 is 1.71 bits per heavy atom. The van der Waals surface area contributed by atoms with E-state index in [1.807, 2.05) is 24.3 Å². The van der Waals surface area contributed by atoms with Crippen LogP contribution in [-0.2, 0) is 4.79 Å². The molecule has 1 N–H and O–H groups in total. The monoisotopic (exact) mass is 414 g/mol. The summed E-state index contributed by atoms with van der Waals surface area (Å²) >= 11 is 0. The summed E-state index contributed by atoms with van der Waals surface area (Å²) < 4.78 is 5.71. The number of carbonyl (C=O) groups is 3. The second-order valence-corrected chi connectivity index (χ2v) is 7.23. The maximum Gasteiger partial charge on any atom is 0.259 e. The molecule has 6 nitrogen and oxygen atoms in total. The molecule has 1 fully saturated rings. The lowest BCUT2D eigenvalue weighted by Gasteiger charge is -2.16. The number of benzene rings is 3. The van der Waals surface area contributed by atoms with E-state index in [9.17, 15) is 14.4 Å². The number of rotatable bonds is 7. The van der Waals surface area contributed by atoms with Gasteiger partial charge >= 0.3 is 0 Å². The lowest BCUT2D eigenvalue weighted by atomic mass is 10.1. The minimum absolute atomic E-state index is 0.0687. The fourth-order valence-corrected chi connectivity index (χ4v) is 3.50. The van der Waals surface area contributed by atoms with Gasteiger partial charge in [-0.05, 0) is 42.8 Å². The Balaban J connectivity index is 1.44. The fraction of sp³-hybridized carbons (Fsp3) is 0.160. The van der Waals surface area contributed by atoms with E-state index in [2.05, 4.69) is 5.32 Å². The van der Waals surface area contributed by atoms with Gasteiger partial charge < -0.3 is 15.0 Å². The largest absolute Gasteiger partial charge is 0.485 e. The Hall–Kier alpha value is -3.93. The van der Waals surface area contributed by atoms with Crippen molar-refractivity contribution >= 4 is 29.0 Å². The smallest absolute Gasteiger partial charge is 0.259 e. The summed E-state index contributed by atoms with van der Waals surface area (Å²) in [5, 5.41) is 2.82. The first-order chi connectivity index (χ1) is 15.1. The van der Waals surface area contributed by atoms with Crippen molar-refractivity contribution in [1.82, 2.24) is 0 Å². The Kier molecular flexibility index (Phi) is 6.08. The molecule has 0 aromatic heterocycles.